The molecule has 0 fully saturated rings. The minimum Gasteiger partial charge on any atom is -0.456 e. The molecule has 2 aliphatic carbocycles. The summed E-state index contributed by atoms with van der Waals surface area (Å²) in [6, 6.07) is 80.7. The van der Waals surface area contributed by atoms with Crippen molar-refractivity contribution in [2.75, 3.05) is 0 Å². The fourth-order valence-electron chi connectivity index (χ4n) is 12.4. The lowest BCUT2D eigenvalue weighted by Crippen LogP contribution is -2.25. The second-order valence-electron chi connectivity index (χ2n) is 18.6. The number of aromatic nitrogens is 5. The largest absolute Gasteiger partial charge is 0.456 e. The first kappa shape index (κ1) is 37.7. The van der Waals surface area contributed by atoms with E-state index in [-0.39, 0.29) is 0 Å². The Balaban J connectivity index is 1.02. The molecule has 0 aliphatic heterocycles. The number of hydrogen-bond donors (Lipinski definition) is 0. The maximum atomic E-state index is 6.50. The molecule has 0 amide bonds. The molecule has 6 nitrogen and oxygen atoms in total. The molecule has 0 N–H and O–H groups in total. The summed E-state index contributed by atoms with van der Waals surface area (Å²) in [5.74, 6) is 1.60. The van der Waals surface area contributed by atoms with Crippen LogP contribution in [-0.4, -0.2) is 24.1 Å². The van der Waals surface area contributed by atoms with E-state index in [9.17, 15) is 0 Å². The summed E-state index contributed by atoms with van der Waals surface area (Å²) in [7, 11) is 0. The van der Waals surface area contributed by atoms with Crippen LogP contribution in [0.4, 0.5) is 0 Å². The SMILES string of the molecule is c1ccc(-c2ccc3c(c2)c2ccccc2n3-c2nc(-c3ccc4c(c3)oc3ccccc34)nc(-n3c4ccccc4c4ccc5c(c43)-c3ccccc3C53c4ccccc4-c4ccccc43)n2)cc1. The van der Waals surface area contributed by atoms with E-state index in [4.69, 9.17) is 19.4 Å². The number of para-hydroxylation sites is 3. The van der Waals surface area contributed by atoms with Crippen LogP contribution < -0.4 is 0 Å². The van der Waals surface area contributed by atoms with Gasteiger partial charge in [-0.3, -0.25) is 9.13 Å². The molecule has 70 heavy (non-hydrogen) atoms. The first-order valence-electron chi connectivity index (χ1n) is 23.9. The Labute approximate surface area is 401 Å². The molecule has 0 bridgehead atoms. The van der Waals surface area contributed by atoms with Gasteiger partial charge < -0.3 is 4.42 Å². The molecule has 324 valence electrons. The van der Waals surface area contributed by atoms with Crippen molar-refractivity contribution in [3.63, 3.8) is 0 Å². The lowest BCUT2D eigenvalue weighted by Gasteiger charge is -2.30. The second kappa shape index (κ2) is 13.8. The Morgan fingerprint density at radius 2 is 0.871 bits per heavy atom. The van der Waals surface area contributed by atoms with E-state index < -0.39 is 5.41 Å². The predicted molar refractivity (Wildman–Crippen MR) is 283 cm³/mol. The molecule has 4 heterocycles. The molecule has 1 spiro atoms. The normalized spacial score (nSPS) is 13.3. The van der Waals surface area contributed by atoms with E-state index in [2.05, 4.69) is 221 Å². The zero-order chi connectivity index (χ0) is 45.7. The first-order valence-corrected chi connectivity index (χ1v) is 23.9. The monoisotopic (exact) mass is 891 g/mol. The van der Waals surface area contributed by atoms with E-state index >= 15 is 0 Å². The van der Waals surface area contributed by atoms with E-state index in [1.54, 1.807) is 0 Å². The summed E-state index contributed by atoms with van der Waals surface area (Å²) < 4.78 is 11.0. The summed E-state index contributed by atoms with van der Waals surface area (Å²) in [4.78, 5) is 16.7. The molecule has 0 unspecified atom stereocenters. The van der Waals surface area contributed by atoms with Crippen LogP contribution in [0.15, 0.2) is 229 Å². The van der Waals surface area contributed by atoms with E-state index in [1.165, 1.54) is 50.1 Å². The topological polar surface area (TPSA) is 61.7 Å². The number of nitrogens with zero attached hydrogens (tertiary/aromatic N) is 5. The summed E-state index contributed by atoms with van der Waals surface area (Å²) in [6.07, 6.45) is 0. The molecule has 0 saturated heterocycles. The highest BCUT2D eigenvalue weighted by Gasteiger charge is 2.52. The Bertz CT molecular complexity index is 4510. The van der Waals surface area contributed by atoms with E-state index in [0.717, 1.165) is 76.7 Å². The van der Waals surface area contributed by atoms with Crippen molar-refractivity contribution < 1.29 is 4.42 Å². The number of hydrogen-bond acceptors (Lipinski definition) is 4. The predicted octanol–water partition coefficient (Wildman–Crippen LogP) is 15.6. The Kier molecular flexibility index (Phi) is 7.45. The van der Waals surface area contributed by atoms with Crippen LogP contribution in [0.25, 0.3) is 122 Å². The van der Waals surface area contributed by atoms with Gasteiger partial charge in [-0.1, -0.05) is 182 Å². The summed E-state index contributed by atoms with van der Waals surface area (Å²) in [5.41, 5.74) is 18.4. The molecule has 0 radical (unpaired) electrons. The third-order valence-corrected chi connectivity index (χ3v) is 15.2. The minimum absolute atomic E-state index is 0.520. The highest BCUT2D eigenvalue weighted by Crippen LogP contribution is 2.64. The quantitative estimate of drug-likeness (QED) is 0.177. The van der Waals surface area contributed by atoms with Gasteiger partial charge in [0.05, 0.1) is 27.5 Å². The lowest BCUT2D eigenvalue weighted by atomic mass is 9.70. The van der Waals surface area contributed by atoms with Crippen LogP contribution in [0, 0.1) is 0 Å². The third-order valence-electron chi connectivity index (χ3n) is 15.2. The van der Waals surface area contributed by atoms with Crippen LogP contribution in [0.2, 0.25) is 0 Å². The maximum absolute atomic E-state index is 6.50. The van der Waals surface area contributed by atoms with Crippen molar-refractivity contribution in [3.8, 4) is 56.7 Å². The van der Waals surface area contributed by atoms with Crippen molar-refractivity contribution in [3.05, 3.63) is 247 Å². The summed E-state index contributed by atoms with van der Waals surface area (Å²) >= 11 is 0. The minimum atomic E-state index is -0.520. The summed E-state index contributed by atoms with van der Waals surface area (Å²) in [5, 5.41) is 6.63. The van der Waals surface area contributed by atoms with Crippen LogP contribution in [0.5, 0.6) is 0 Å². The van der Waals surface area contributed by atoms with Crippen molar-refractivity contribution in [2.45, 2.75) is 5.41 Å². The Hall–Kier alpha value is -9.39. The highest BCUT2D eigenvalue weighted by atomic mass is 16.3. The number of benzene rings is 10. The Morgan fingerprint density at radius 3 is 1.63 bits per heavy atom. The van der Waals surface area contributed by atoms with Crippen LogP contribution in [0.3, 0.4) is 0 Å². The van der Waals surface area contributed by atoms with Gasteiger partial charge in [0.15, 0.2) is 5.82 Å². The molecular formula is C64H37N5O. The average Bonchev–Trinajstić information content (AvgIpc) is 4.21. The molecular weight excluding hydrogens is 855 g/mol. The summed E-state index contributed by atoms with van der Waals surface area (Å²) in [6.45, 7) is 0. The maximum Gasteiger partial charge on any atom is 0.240 e. The molecule has 2 aliphatic rings. The molecule has 6 heteroatoms. The average molecular weight is 892 g/mol. The molecule has 0 atom stereocenters. The fourth-order valence-corrected chi connectivity index (χ4v) is 12.4. The smallest absolute Gasteiger partial charge is 0.240 e. The van der Waals surface area contributed by atoms with Crippen LogP contribution >= 0.6 is 0 Å². The molecule has 16 rings (SSSR count). The number of fused-ring (bicyclic) bond motifs is 20. The zero-order valence-corrected chi connectivity index (χ0v) is 37.5. The van der Waals surface area contributed by atoms with Crippen LogP contribution in [0.1, 0.15) is 22.3 Å². The number of rotatable bonds is 4. The van der Waals surface area contributed by atoms with Gasteiger partial charge in [0, 0.05) is 43.4 Å². The first-order chi connectivity index (χ1) is 34.7. The van der Waals surface area contributed by atoms with Gasteiger partial charge >= 0.3 is 0 Å². The van der Waals surface area contributed by atoms with Gasteiger partial charge in [-0.15, -0.1) is 0 Å². The van der Waals surface area contributed by atoms with Gasteiger partial charge in [0.25, 0.3) is 0 Å². The lowest BCUT2D eigenvalue weighted by molar-refractivity contribution is 0.669. The van der Waals surface area contributed by atoms with Gasteiger partial charge in [0.2, 0.25) is 11.9 Å². The zero-order valence-electron chi connectivity index (χ0n) is 37.5. The number of furan rings is 1. The standard InChI is InChI=1S/C64H37N5O/c1-2-16-38(17-3-1)39-31-35-56-49(36-39)44-21-8-13-27-54(44)68(56)62-65-61(40-30-32-46-45-22-9-15-29-57(45)70-58(46)37-40)66-63(67-62)69-55-28-14-7-20-43(55)47-33-34-53-59(60(47)69)48-23-6-12-26-52(48)64(53)50-24-10-4-18-41(50)42-19-5-11-25-51(42)64/h1-37H. The van der Waals surface area contributed by atoms with Crippen molar-refractivity contribution in [2.24, 2.45) is 0 Å². The molecule has 10 aromatic carbocycles. The molecule has 14 aromatic rings. The van der Waals surface area contributed by atoms with Gasteiger partial charge in [-0.2, -0.15) is 15.0 Å². The van der Waals surface area contributed by atoms with Gasteiger partial charge in [0.1, 0.15) is 11.2 Å². The molecule has 4 aromatic heterocycles. The highest BCUT2D eigenvalue weighted by molar-refractivity contribution is 6.17. The van der Waals surface area contributed by atoms with Crippen LogP contribution in [-0.2, 0) is 5.41 Å². The second-order valence-corrected chi connectivity index (χ2v) is 18.6. The molecule has 0 saturated carbocycles. The van der Waals surface area contributed by atoms with E-state index in [0.29, 0.717) is 17.7 Å². The van der Waals surface area contributed by atoms with Crippen molar-refractivity contribution in [1.29, 1.82) is 0 Å². The van der Waals surface area contributed by atoms with E-state index in [1.807, 2.05) is 12.1 Å². The van der Waals surface area contributed by atoms with Crippen molar-refractivity contribution in [1.82, 2.24) is 24.1 Å². The Morgan fingerprint density at radius 1 is 0.329 bits per heavy atom. The van der Waals surface area contributed by atoms with Crippen molar-refractivity contribution >= 4 is 65.6 Å². The van der Waals surface area contributed by atoms with Gasteiger partial charge in [-0.05, 0) is 92.5 Å². The van der Waals surface area contributed by atoms with Gasteiger partial charge in [-0.25, -0.2) is 0 Å². The third kappa shape index (κ3) is 4.88. The fraction of sp³-hybridized carbons (Fsp3) is 0.0156.